The summed E-state index contributed by atoms with van der Waals surface area (Å²) in [4.78, 5) is 21.4. The summed E-state index contributed by atoms with van der Waals surface area (Å²) < 4.78 is 10.1. The molecule has 108 valence electrons. The Kier molecular flexibility index (Phi) is 5.93. The fourth-order valence-corrected chi connectivity index (χ4v) is 1.52. The molecule has 0 radical (unpaired) electrons. The van der Waals surface area contributed by atoms with Crippen LogP contribution < -0.4 is 4.74 Å². The van der Waals surface area contributed by atoms with Crippen LogP contribution in [-0.4, -0.2) is 36.2 Å². The van der Waals surface area contributed by atoms with Crippen LogP contribution in [0.25, 0.3) is 0 Å². The van der Waals surface area contributed by atoms with Gasteiger partial charge < -0.3 is 19.4 Å². The highest BCUT2D eigenvalue weighted by Gasteiger charge is 2.19. The summed E-state index contributed by atoms with van der Waals surface area (Å²) in [6.45, 7) is 5.13. The fourth-order valence-electron chi connectivity index (χ4n) is 1.52. The zero-order valence-electron chi connectivity index (χ0n) is 11.4. The fraction of sp³-hybridized carbons (Fsp3) is 0.333. The third kappa shape index (κ3) is 5.67. The van der Waals surface area contributed by atoms with Gasteiger partial charge in [-0.15, -0.1) is 0 Å². The molecular weight excluding hydrogens is 260 g/mol. The van der Waals surface area contributed by atoms with E-state index in [2.05, 4.69) is 6.58 Å². The van der Waals surface area contributed by atoms with E-state index in [1.54, 1.807) is 24.3 Å². The second kappa shape index (κ2) is 7.45. The van der Waals surface area contributed by atoms with Crippen molar-refractivity contribution in [3.8, 4) is 5.75 Å². The van der Waals surface area contributed by atoms with E-state index in [4.69, 9.17) is 9.47 Å². The van der Waals surface area contributed by atoms with Crippen LogP contribution in [0.5, 0.6) is 5.75 Å². The zero-order valence-corrected chi connectivity index (χ0v) is 11.4. The second-order valence-electron chi connectivity index (χ2n) is 4.52. The summed E-state index contributed by atoms with van der Waals surface area (Å²) in [6.07, 6.45) is 1.85. The molecular formula is C15H18O5. The van der Waals surface area contributed by atoms with Crippen LogP contribution in [0.4, 0.5) is 0 Å². The summed E-state index contributed by atoms with van der Waals surface area (Å²) in [5.74, 6) is 0.134. The molecule has 20 heavy (non-hydrogen) atoms. The molecule has 0 saturated carbocycles. The molecule has 0 heterocycles. The lowest BCUT2D eigenvalue weighted by atomic mass is 9.98. The predicted octanol–water partition coefficient (Wildman–Crippen LogP) is 1.29. The van der Waals surface area contributed by atoms with E-state index in [1.165, 1.54) is 6.92 Å². The van der Waals surface area contributed by atoms with Gasteiger partial charge in [-0.05, 0) is 24.6 Å². The Balaban J connectivity index is 2.41. The van der Waals surface area contributed by atoms with Crippen molar-refractivity contribution in [1.82, 2.24) is 0 Å². The molecule has 1 N–H and O–H groups in total. The molecule has 1 rings (SSSR count). The number of hydrogen-bond acceptors (Lipinski definition) is 5. The third-order valence-corrected chi connectivity index (χ3v) is 2.50. The molecule has 0 amide bonds. The summed E-state index contributed by atoms with van der Waals surface area (Å²) >= 11 is 0. The van der Waals surface area contributed by atoms with Crippen LogP contribution in [0.2, 0.25) is 0 Å². The first-order valence-electron chi connectivity index (χ1n) is 6.16. The van der Waals surface area contributed by atoms with Crippen LogP contribution in [0.3, 0.4) is 0 Å². The first kappa shape index (κ1) is 15.9. The van der Waals surface area contributed by atoms with Gasteiger partial charge in [-0.25, -0.2) is 4.79 Å². The molecule has 0 aliphatic rings. The lowest BCUT2D eigenvalue weighted by molar-refractivity contribution is -0.138. The molecule has 5 heteroatoms. The average Bonchev–Trinajstić information content (AvgIpc) is 2.44. The minimum Gasteiger partial charge on any atom is -0.490 e. The molecule has 1 aromatic rings. The number of carbonyl (C=O) groups excluding carboxylic acids is 2. The minimum absolute atomic E-state index is 0.145. The summed E-state index contributed by atoms with van der Waals surface area (Å²) in [7, 11) is 0. The van der Waals surface area contributed by atoms with Crippen molar-refractivity contribution in [2.75, 3.05) is 13.2 Å². The van der Waals surface area contributed by atoms with Gasteiger partial charge in [0, 0.05) is 12.5 Å². The van der Waals surface area contributed by atoms with Gasteiger partial charge in [0.1, 0.15) is 24.6 Å². The quantitative estimate of drug-likeness (QED) is 0.336. The van der Waals surface area contributed by atoms with Crippen molar-refractivity contribution < 1.29 is 24.2 Å². The Bertz CT molecular complexity index is 462. The zero-order chi connectivity index (χ0) is 15.0. The third-order valence-electron chi connectivity index (χ3n) is 2.50. The van der Waals surface area contributed by atoms with E-state index in [-0.39, 0.29) is 19.6 Å². The molecule has 0 saturated heterocycles. The molecule has 0 aliphatic heterocycles. The van der Waals surface area contributed by atoms with Crippen molar-refractivity contribution in [2.24, 2.45) is 0 Å². The van der Waals surface area contributed by atoms with Gasteiger partial charge in [-0.1, -0.05) is 18.7 Å². The first-order chi connectivity index (χ1) is 9.46. The lowest BCUT2D eigenvalue weighted by Gasteiger charge is -2.15. The van der Waals surface area contributed by atoms with Gasteiger partial charge in [0.2, 0.25) is 0 Å². The lowest BCUT2D eigenvalue weighted by Crippen LogP contribution is -2.28. The van der Waals surface area contributed by atoms with Gasteiger partial charge in [-0.2, -0.15) is 0 Å². The Morgan fingerprint density at radius 3 is 2.55 bits per heavy atom. The Labute approximate surface area is 117 Å². The SMILES string of the molecule is C=CC(=O)OCCOc1ccc(CC(C)(O)C=O)cc1. The van der Waals surface area contributed by atoms with Gasteiger partial charge in [-0.3, -0.25) is 0 Å². The normalized spacial score (nSPS) is 13.1. The van der Waals surface area contributed by atoms with Crippen molar-refractivity contribution in [1.29, 1.82) is 0 Å². The van der Waals surface area contributed by atoms with Crippen LogP contribution >= 0.6 is 0 Å². The van der Waals surface area contributed by atoms with Crippen molar-refractivity contribution in [2.45, 2.75) is 18.9 Å². The van der Waals surface area contributed by atoms with Gasteiger partial charge in [0.15, 0.2) is 6.29 Å². The van der Waals surface area contributed by atoms with Crippen molar-refractivity contribution in [3.05, 3.63) is 42.5 Å². The average molecular weight is 278 g/mol. The standard InChI is InChI=1S/C15H18O5/c1-3-14(17)20-9-8-19-13-6-4-12(5-7-13)10-15(2,18)11-16/h3-7,11,18H,1,8-10H2,2H3. The predicted molar refractivity (Wildman–Crippen MR) is 73.5 cm³/mol. The van der Waals surface area contributed by atoms with Gasteiger partial charge in [0.25, 0.3) is 0 Å². The molecule has 5 nitrogen and oxygen atoms in total. The molecule has 1 aromatic carbocycles. The molecule has 0 spiro atoms. The number of ether oxygens (including phenoxy) is 2. The number of aldehydes is 1. The van der Waals surface area contributed by atoms with Crippen molar-refractivity contribution in [3.63, 3.8) is 0 Å². The molecule has 0 aliphatic carbocycles. The topological polar surface area (TPSA) is 72.8 Å². The highest BCUT2D eigenvalue weighted by molar-refractivity contribution is 5.81. The summed E-state index contributed by atoms with van der Waals surface area (Å²) in [5, 5.41) is 9.64. The van der Waals surface area contributed by atoms with E-state index in [0.717, 1.165) is 11.6 Å². The monoisotopic (exact) mass is 278 g/mol. The number of carbonyl (C=O) groups is 2. The molecule has 1 unspecified atom stereocenters. The Hall–Kier alpha value is -2.14. The van der Waals surface area contributed by atoms with E-state index in [1.807, 2.05) is 0 Å². The van der Waals surface area contributed by atoms with Crippen LogP contribution in [0.15, 0.2) is 36.9 Å². The highest BCUT2D eigenvalue weighted by Crippen LogP contribution is 2.16. The van der Waals surface area contributed by atoms with E-state index >= 15 is 0 Å². The summed E-state index contributed by atoms with van der Waals surface area (Å²) in [6, 6.07) is 6.99. The van der Waals surface area contributed by atoms with E-state index in [9.17, 15) is 14.7 Å². The van der Waals surface area contributed by atoms with Crippen LogP contribution in [0, 0.1) is 0 Å². The summed E-state index contributed by atoms with van der Waals surface area (Å²) in [5.41, 5.74) is -0.533. The molecule has 0 fully saturated rings. The number of rotatable bonds is 8. The van der Waals surface area contributed by atoms with E-state index in [0.29, 0.717) is 12.0 Å². The maximum Gasteiger partial charge on any atom is 0.330 e. The van der Waals surface area contributed by atoms with Crippen LogP contribution in [-0.2, 0) is 20.7 Å². The molecule has 0 bridgehead atoms. The molecule has 1 atom stereocenters. The smallest absolute Gasteiger partial charge is 0.330 e. The maximum atomic E-state index is 10.8. The van der Waals surface area contributed by atoms with Crippen LogP contribution in [0.1, 0.15) is 12.5 Å². The minimum atomic E-state index is -1.36. The number of aliphatic hydroxyl groups is 1. The maximum absolute atomic E-state index is 10.8. The molecule has 0 aromatic heterocycles. The van der Waals surface area contributed by atoms with E-state index < -0.39 is 11.6 Å². The van der Waals surface area contributed by atoms with Gasteiger partial charge >= 0.3 is 5.97 Å². The largest absolute Gasteiger partial charge is 0.490 e. The number of esters is 1. The van der Waals surface area contributed by atoms with Gasteiger partial charge in [0.05, 0.1) is 0 Å². The highest BCUT2D eigenvalue weighted by atomic mass is 16.6. The van der Waals surface area contributed by atoms with Crippen molar-refractivity contribution >= 4 is 12.3 Å². The number of hydrogen-bond donors (Lipinski definition) is 1. The second-order valence-corrected chi connectivity index (χ2v) is 4.52. The first-order valence-corrected chi connectivity index (χ1v) is 6.16. The Morgan fingerprint density at radius 2 is 2.00 bits per heavy atom. The Morgan fingerprint density at radius 1 is 1.35 bits per heavy atom. The number of benzene rings is 1.